The monoisotopic (exact) mass is 494 g/mol. The first-order valence-corrected chi connectivity index (χ1v) is 10.8. The average molecular weight is 495 g/mol. The zero-order valence-electron chi connectivity index (χ0n) is 18.9. The molecule has 0 bridgehead atoms. The zero-order valence-corrected chi connectivity index (χ0v) is 20.5. The lowest BCUT2D eigenvalue weighted by Crippen LogP contribution is -2.38. The highest BCUT2D eigenvalue weighted by atomic mass is 79.9. The number of benzene rings is 2. The molecule has 2 unspecified atom stereocenters. The first-order valence-electron chi connectivity index (χ1n) is 9.92. The molecule has 2 rings (SSSR count). The van der Waals surface area contributed by atoms with Crippen LogP contribution in [0.2, 0.25) is 0 Å². The Morgan fingerprint density at radius 1 is 0.871 bits per heavy atom. The maximum Gasteiger partial charge on any atom is 0.171 e. The van der Waals surface area contributed by atoms with Gasteiger partial charge < -0.3 is 28.4 Å². The smallest absolute Gasteiger partial charge is 0.171 e. The predicted molar refractivity (Wildman–Crippen MR) is 125 cm³/mol. The van der Waals surface area contributed by atoms with Gasteiger partial charge in [0.1, 0.15) is 5.60 Å². The molecule has 7 heteroatoms. The highest BCUT2D eigenvalue weighted by molar-refractivity contribution is 9.09. The molecule has 0 spiro atoms. The van der Waals surface area contributed by atoms with Crippen LogP contribution in [-0.4, -0.2) is 46.2 Å². The molecule has 0 fully saturated rings. The van der Waals surface area contributed by atoms with Crippen molar-refractivity contribution < 1.29 is 28.4 Å². The summed E-state index contributed by atoms with van der Waals surface area (Å²) >= 11 is 3.60. The van der Waals surface area contributed by atoms with Gasteiger partial charge in [-0.1, -0.05) is 40.7 Å². The molecule has 0 amide bonds. The van der Waals surface area contributed by atoms with Crippen molar-refractivity contribution in [3.63, 3.8) is 0 Å². The molecule has 0 heterocycles. The van der Waals surface area contributed by atoms with Crippen molar-refractivity contribution >= 4 is 15.9 Å². The zero-order chi connectivity index (χ0) is 23.0. The standard InChI is InChI=1S/C24H31BrO6/c1-8-24(31-23(16(3)25)30-9-2,17-10-12-19(26-4)21(14-17)28-6)18-11-13-20(27-5)22(15-18)29-7/h8,10-16,23H,1,9H2,2-7H3. The van der Waals surface area contributed by atoms with Crippen molar-refractivity contribution in [2.75, 3.05) is 35.0 Å². The number of hydrogen-bond donors (Lipinski definition) is 0. The number of ether oxygens (including phenoxy) is 6. The molecular formula is C24H31BrO6. The second-order valence-corrected chi connectivity index (χ2v) is 8.14. The van der Waals surface area contributed by atoms with Crippen LogP contribution in [0, 0.1) is 0 Å². The third-order valence-corrected chi connectivity index (χ3v) is 5.35. The predicted octanol–water partition coefficient (Wildman–Crippen LogP) is 5.31. The normalized spacial score (nSPS) is 13.3. The van der Waals surface area contributed by atoms with E-state index in [1.165, 1.54) is 0 Å². The molecule has 0 saturated heterocycles. The Labute approximate surface area is 193 Å². The third-order valence-electron chi connectivity index (χ3n) is 4.92. The molecule has 0 aromatic heterocycles. The summed E-state index contributed by atoms with van der Waals surface area (Å²) in [7, 11) is 6.39. The van der Waals surface area contributed by atoms with Crippen LogP contribution in [0.3, 0.4) is 0 Å². The van der Waals surface area contributed by atoms with Crippen molar-refractivity contribution in [2.45, 2.75) is 30.6 Å². The third kappa shape index (κ3) is 5.34. The van der Waals surface area contributed by atoms with Crippen LogP contribution in [0.25, 0.3) is 0 Å². The summed E-state index contributed by atoms with van der Waals surface area (Å²) in [6, 6.07) is 11.3. The lowest BCUT2D eigenvalue weighted by atomic mass is 9.85. The molecule has 0 N–H and O–H groups in total. The molecule has 0 aliphatic carbocycles. The molecule has 170 valence electrons. The minimum atomic E-state index is -1.07. The molecule has 0 aliphatic heterocycles. The van der Waals surface area contributed by atoms with Crippen molar-refractivity contribution in [2.24, 2.45) is 0 Å². The molecule has 0 aliphatic rings. The van der Waals surface area contributed by atoms with Crippen LogP contribution in [0.15, 0.2) is 49.1 Å². The van der Waals surface area contributed by atoms with E-state index in [1.807, 2.05) is 50.2 Å². The van der Waals surface area contributed by atoms with Crippen molar-refractivity contribution in [1.29, 1.82) is 0 Å². The second-order valence-electron chi connectivity index (χ2n) is 6.70. The molecule has 6 nitrogen and oxygen atoms in total. The van der Waals surface area contributed by atoms with E-state index in [0.29, 0.717) is 29.6 Å². The highest BCUT2D eigenvalue weighted by Gasteiger charge is 2.38. The van der Waals surface area contributed by atoms with Crippen molar-refractivity contribution in [3.05, 3.63) is 60.2 Å². The fourth-order valence-electron chi connectivity index (χ4n) is 3.33. The molecule has 0 saturated carbocycles. The first-order chi connectivity index (χ1) is 14.9. The number of methoxy groups -OCH3 is 4. The van der Waals surface area contributed by atoms with E-state index in [-0.39, 0.29) is 4.83 Å². The highest BCUT2D eigenvalue weighted by Crippen LogP contribution is 2.43. The number of hydrogen-bond acceptors (Lipinski definition) is 6. The molecule has 2 aromatic carbocycles. The lowest BCUT2D eigenvalue weighted by Gasteiger charge is -2.37. The maximum atomic E-state index is 6.63. The van der Waals surface area contributed by atoms with Gasteiger partial charge in [0.15, 0.2) is 29.3 Å². The van der Waals surface area contributed by atoms with Gasteiger partial charge in [-0.2, -0.15) is 0 Å². The topological polar surface area (TPSA) is 55.4 Å². The molecule has 0 radical (unpaired) electrons. The van der Waals surface area contributed by atoms with Crippen molar-refractivity contribution in [3.8, 4) is 23.0 Å². The van der Waals surface area contributed by atoms with Gasteiger partial charge in [-0.15, -0.1) is 0 Å². The Morgan fingerprint density at radius 3 is 1.65 bits per heavy atom. The van der Waals surface area contributed by atoms with Gasteiger partial charge in [0.25, 0.3) is 0 Å². The Hall–Kier alpha value is -2.22. The summed E-state index contributed by atoms with van der Waals surface area (Å²) in [6.45, 7) is 8.50. The van der Waals surface area contributed by atoms with E-state index in [1.54, 1.807) is 34.5 Å². The van der Waals surface area contributed by atoms with Gasteiger partial charge in [-0.25, -0.2) is 0 Å². The largest absolute Gasteiger partial charge is 0.493 e. The van der Waals surface area contributed by atoms with Crippen LogP contribution in [0.4, 0.5) is 0 Å². The van der Waals surface area contributed by atoms with Gasteiger partial charge in [0.2, 0.25) is 0 Å². The fourth-order valence-corrected chi connectivity index (χ4v) is 3.59. The summed E-state index contributed by atoms with van der Waals surface area (Å²) in [6.07, 6.45) is 1.20. The van der Waals surface area contributed by atoms with Crippen molar-refractivity contribution in [1.82, 2.24) is 0 Å². The SMILES string of the molecule is C=CC(OC(OCC)C(C)Br)(c1ccc(OC)c(OC)c1)c1ccc(OC)c(OC)c1. The fraction of sp³-hybridized carbons (Fsp3) is 0.417. The first kappa shape index (κ1) is 25.0. The minimum absolute atomic E-state index is 0.0768. The van der Waals surface area contributed by atoms with E-state index in [2.05, 4.69) is 22.5 Å². The molecular weight excluding hydrogens is 464 g/mol. The van der Waals surface area contributed by atoms with Gasteiger partial charge >= 0.3 is 0 Å². The van der Waals surface area contributed by atoms with Gasteiger partial charge in [0, 0.05) is 6.61 Å². The summed E-state index contributed by atoms with van der Waals surface area (Å²) in [5.41, 5.74) is 0.525. The Kier molecular flexibility index (Phi) is 9.22. The van der Waals surface area contributed by atoms with E-state index in [4.69, 9.17) is 28.4 Å². The average Bonchev–Trinajstić information content (AvgIpc) is 2.80. The van der Waals surface area contributed by atoms with Crippen LogP contribution in [0.5, 0.6) is 23.0 Å². The van der Waals surface area contributed by atoms with Gasteiger partial charge in [-0.05, 0) is 49.2 Å². The maximum absolute atomic E-state index is 6.63. The molecule has 2 aromatic rings. The van der Waals surface area contributed by atoms with E-state index >= 15 is 0 Å². The number of halogens is 1. The Balaban J connectivity index is 2.75. The van der Waals surface area contributed by atoms with E-state index in [0.717, 1.165) is 11.1 Å². The summed E-state index contributed by atoms with van der Waals surface area (Å²) in [4.78, 5) is -0.0768. The van der Waals surface area contributed by atoms with Crippen LogP contribution >= 0.6 is 15.9 Å². The second kappa shape index (κ2) is 11.4. The number of rotatable bonds is 12. The lowest BCUT2D eigenvalue weighted by molar-refractivity contribution is -0.182. The Bertz CT molecular complexity index is 812. The summed E-state index contributed by atoms with van der Waals surface area (Å²) < 4.78 is 34.4. The van der Waals surface area contributed by atoms with E-state index < -0.39 is 11.9 Å². The van der Waals surface area contributed by atoms with Crippen LogP contribution < -0.4 is 18.9 Å². The minimum Gasteiger partial charge on any atom is -0.493 e. The van der Waals surface area contributed by atoms with Crippen LogP contribution in [-0.2, 0) is 15.1 Å². The number of alkyl halides is 1. The Morgan fingerprint density at radius 2 is 1.32 bits per heavy atom. The molecule has 2 atom stereocenters. The van der Waals surface area contributed by atoms with E-state index in [9.17, 15) is 0 Å². The summed E-state index contributed by atoms with van der Waals surface area (Å²) in [5.74, 6) is 2.39. The quantitative estimate of drug-likeness (QED) is 0.226. The van der Waals surface area contributed by atoms with Crippen LogP contribution in [0.1, 0.15) is 25.0 Å². The van der Waals surface area contributed by atoms with Gasteiger partial charge in [-0.3, -0.25) is 0 Å². The molecule has 31 heavy (non-hydrogen) atoms. The summed E-state index contributed by atoms with van der Waals surface area (Å²) in [5, 5.41) is 0. The van der Waals surface area contributed by atoms with Gasteiger partial charge in [0.05, 0.1) is 33.3 Å².